The molecule has 2 atom stereocenters. The Balaban J connectivity index is 2.14. The summed E-state index contributed by atoms with van der Waals surface area (Å²) in [6, 6.07) is 12.4. The van der Waals surface area contributed by atoms with E-state index in [9.17, 15) is 13.2 Å². The molecule has 0 saturated heterocycles. The lowest BCUT2D eigenvalue weighted by Gasteiger charge is -2.23. The molecule has 28 heavy (non-hydrogen) atoms. The Hall–Kier alpha value is -2.34. The van der Waals surface area contributed by atoms with Crippen LogP contribution in [-0.4, -0.2) is 26.7 Å². The van der Waals surface area contributed by atoms with Crippen LogP contribution < -0.4 is 10.1 Å². The molecule has 0 bridgehead atoms. The van der Waals surface area contributed by atoms with E-state index in [2.05, 4.69) is 5.32 Å². The molecule has 0 aliphatic rings. The van der Waals surface area contributed by atoms with Gasteiger partial charge < -0.3 is 10.1 Å². The summed E-state index contributed by atoms with van der Waals surface area (Å²) < 4.78 is 29.2. The van der Waals surface area contributed by atoms with Gasteiger partial charge in [0, 0.05) is 6.26 Å². The van der Waals surface area contributed by atoms with Gasteiger partial charge >= 0.3 is 0 Å². The molecule has 6 heteroatoms. The molecule has 0 aromatic heterocycles. The first kappa shape index (κ1) is 22.0. The minimum absolute atomic E-state index is 0.178. The minimum Gasteiger partial charge on any atom is -0.480 e. The molecule has 0 aliphatic carbocycles. The van der Waals surface area contributed by atoms with Crippen LogP contribution in [0.25, 0.3) is 0 Å². The molecule has 1 N–H and O–H groups in total. The summed E-state index contributed by atoms with van der Waals surface area (Å²) in [5.41, 5.74) is 2.93. The van der Waals surface area contributed by atoms with Gasteiger partial charge in [-0.05, 0) is 61.6 Å². The Kier molecular flexibility index (Phi) is 7.24. The first-order valence-electron chi connectivity index (χ1n) is 9.50. The maximum atomic E-state index is 12.8. The van der Waals surface area contributed by atoms with Crippen LogP contribution >= 0.6 is 0 Å². The van der Waals surface area contributed by atoms with Crippen molar-refractivity contribution >= 4 is 15.7 Å². The van der Waals surface area contributed by atoms with Crippen LogP contribution in [0.15, 0.2) is 47.4 Å². The van der Waals surface area contributed by atoms with Crippen molar-refractivity contribution in [2.24, 2.45) is 0 Å². The summed E-state index contributed by atoms with van der Waals surface area (Å²) in [5, 5.41) is 3.03. The summed E-state index contributed by atoms with van der Waals surface area (Å²) in [4.78, 5) is 13.1. The van der Waals surface area contributed by atoms with Crippen molar-refractivity contribution in [3.8, 4) is 5.75 Å². The van der Waals surface area contributed by atoms with E-state index >= 15 is 0 Å². The average molecular weight is 404 g/mol. The zero-order chi connectivity index (χ0) is 20.9. The van der Waals surface area contributed by atoms with Crippen molar-refractivity contribution < 1.29 is 17.9 Å². The number of amides is 1. The van der Waals surface area contributed by atoms with Crippen molar-refractivity contribution in [2.45, 2.75) is 57.6 Å². The van der Waals surface area contributed by atoms with Crippen LogP contribution in [0.3, 0.4) is 0 Å². The number of aryl methyl sites for hydroxylation is 2. The summed E-state index contributed by atoms with van der Waals surface area (Å²) in [7, 11) is -3.24. The molecular weight excluding hydrogens is 374 g/mol. The summed E-state index contributed by atoms with van der Waals surface area (Å²) in [6.07, 6.45) is 1.81. The third-order valence-corrected chi connectivity index (χ3v) is 5.84. The monoisotopic (exact) mass is 403 g/mol. The van der Waals surface area contributed by atoms with E-state index in [1.807, 2.05) is 45.9 Å². The van der Waals surface area contributed by atoms with Crippen LogP contribution in [0.1, 0.15) is 49.4 Å². The number of benzene rings is 2. The van der Waals surface area contributed by atoms with Gasteiger partial charge in [0.25, 0.3) is 5.91 Å². The molecule has 0 heterocycles. The van der Waals surface area contributed by atoms with Crippen LogP contribution in [-0.2, 0) is 14.6 Å². The zero-order valence-electron chi connectivity index (χ0n) is 17.2. The lowest BCUT2D eigenvalue weighted by molar-refractivity contribution is -0.129. The molecule has 1 amide bonds. The highest BCUT2D eigenvalue weighted by Crippen LogP contribution is 2.23. The van der Waals surface area contributed by atoms with Gasteiger partial charge in [-0.1, -0.05) is 38.1 Å². The van der Waals surface area contributed by atoms with Gasteiger partial charge in [0.1, 0.15) is 5.75 Å². The fourth-order valence-electron chi connectivity index (χ4n) is 2.94. The zero-order valence-corrected chi connectivity index (χ0v) is 18.0. The number of carbonyl (C=O) groups excluding carboxylic acids is 1. The van der Waals surface area contributed by atoms with Crippen LogP contribution in [0.2, 0.25) is 0 Å². The van der Waals surface area contributed by atoms with Crippen LogP contribution in [0.4, 0.5) is 0 Å². The molecule has 2 rings (SSSR count). The maximum absolute atomic E-state index is 12.8. The standard InChI is InChI=1S/C22H29NO4S/c1-6-19(17-10-12-18(13-11-17)28(5,25)26)23-22(24)20(7-2)27-21-14-15(3)8-9-16(21)4/h8-14,19-20H,6-7H2,1-5H3,(H,23,24)/t19-,20-/m0/s1. The van der Waals surface area contributed by atoms with Crippen molar-refractivity contribution in [3.63, 3.8) is 0 Å². The molecule has 0 saturated carbocycles. The van der Waals surface area contributed by atoms with Crippen LogP contribution in [0, 0.1) is 13.8 Å². The summed E-state index contributed by atoms with van der Waals surface area (Å²) in [6.45, 7) is 7.83. The predicted octanol–water partition coefficient (Wildman–Crippen LogP) is 4.13. The lowest BCUT2D eigenvalue weighted by Crippen LogP contribution is -2.40. The average Bonchev–Trinajstić information content (AvgIpc) is 2.66. The van der Waals surface area contributed by atoms with Crippen LogP contribution in [0.5, 0.6) is 5.75 Å². The van der Waals surface area contributed by atoms with Gasteiger partial charge in [-0.15, -0.1) is 0 Å². The highest BCUT2D eigenvalue weighted by atomic mass is 32.2. The molecule has 5 nitrogen and oxygen atoms in total. The number of ether oxygens (including phenoxy) is 1. The van der Waals surface area contributed by atoms with Gasteiger partial charge in [0.2, 0.25) is 0 Å². The summed E-state index contributed by atoms with van der Waals surface area (Å²) >= 11 is 0. The Morgan fingerprint density at radius 2 is 1.68 bits per heavy atom. The van der Waals surface area contributed by atoms with Gasteiger partial charge in [0.15, 0.2) is 15.9 Å². The molecule has 2 aromatic carbocycles. The molecule has 2 aromatic rings. The normalized spacial score (nSPS) is 13.6. The maximum Gasteiger partial charge on any atom is 0.261 e. The number of rotatable bonds is 8. The first-order valence-corrected chi connectivity index (χ1v) is 11.4. The minimum atomic E-state index is -3.24. The smallest absolute Gasteiger partial charge is 0.261 e. The number of nitrogens with one attached hydrogen (secondary N) is 1. The molecule has 0 fully saturated rings. The topological polar surface area (TPSA) is 72.5 Å². The fraction of sp³-hybridized carbons (Fsp3) is 0.409. The molecule has 0 unspecified atom stereocenters. The van der Waals surface area contributed by atoms with E-state index in [-0.39, 0.29) is 16.8 Å². The fourth-order valence-corrected chi connectivity index (χ4v) is 3.57. The second-order valence-corrected chi connectivity index (χ2v) is 9.11. The second-order valence-electron chi connectivity index (χ2n) is 7.09. The predicted molar refractivity (Wildman–Crippen MR) is 111 cm³/mol. The van der Waals surface area contributed by atoms with Crippen molar-refractivity contribution in [1.82, 2.24) is 5.32 Å². The van der Waals surface area contributed by atoms with Gasteiger partial charge in [-0.25, -0.2) is 8.42 Å². The van der Waals surface area contributed by atoms with E-state index in [1.165, 1.54) is 6.26 Å². The summed E-state index contributed by atoms with van der Waals surface area (Å²) in [5.74, 6) is 0.537. The van der Waals surface area contributed by atoms with Gasteiger partial charge in [0.05, 0.1) is 10.9 Å². The van der Waals surface area contributed by atoms with E-state index in [1.54, 1.807) is 24.3 Å². The Morgan fingerprint density at radius 3 is 2.21 bits per heavy atom. The molecule has 152 valence electrons. The number of carbonyl (C=O) groups is 1. The third kappa shape index (κ3) is 5.58. The third-order valence-electron chi connectivity index (χ3n) is 4.71. The first-order chi connectivity index (χ1) is 13.2. The van der Waals surface area contributed by atoms with E-state index in [4.69, 9.17) is 4.74 Å². The SMILES string of the molecule is CC[C@H](Oc1cc(C)ccc1C)C(=O)N[C@@H](CC)c1ccc(S(C)(=O)=O)cc1. The van der Waals surface area contributed by atoms with Crippen molar-refractivity contribution in [2.75, 3.05) is 6.26 Å². The quantitative estimate of drug-likeness (QED) is 0.719. The Bertz CT molecular complexity index is 920. The Morgan fingerprint density at radius 1 is 1.04 bits per heavy atom. The van der Waals surface area contributed by atoms with E-state index in [0.717, 1.165) is 16.7 Å². The van der Waals surface area contributed by atoms with Gasteiger partial charge in [-0.3, -0.25) is 4.79 Å². The number of sulfone groups is 1. The Labute approximate surface area is 168 Å². The second kappa shape index (κ2) is 9.24. The number of hydrogen-bond donors (Lipinski definition) is 1. The highest BCUT2D eigenvalue weighted by molar-refractivity contribution is 7.90. The molecule has 0 radical (unpaired) electrons. The number of hydrogen-bond acceptors (Lipinski definition) is 4. The van der Waals surface area contributed by atoms with E-state index in [0.29, 0.717) is 18.6 Å². The van der Waals surface area contributed by atoms with Crippen molar-refractivity contribution in [1.29, 1.82) is 0 Å². The molecule has 0 spiro atoms. The van der Waals surface area contributed by atoms with E-state index < -0.39 is 15.9 Å². The lowest BCUT2D eigenvalue weighted by atomic mass is 10.0. The highest BCUT2D eigenvalue weighted by Gasteiger charge is 2.23. The largest absolute Gasteiger partial charge is 0.480 e. The molecular formula is C22H29NO4S. The van der Waals surface area contributed by atoms with Gasteiger partial charge in [-0.2, -0.15) is 0 Å². The van der Waals surface area contributed by atoms with Crippen molar-refractivity contribution in [3.05, 3.63) is 59.2 Å². The molecule has 0 aliphatic heterocycles.